The third kappa shape index (κ3) is 3.19. The largest absolute Gasteiger partial charge is 0.355 e. The molecule has 0 aliphatic heterocycles. The first-order valence-corrected chi connectivity index (χ1v) is 14.6. The molecule has 1 N–H and O–H groups in total. The first-order chi connectivity index (χ1) is 20.8. The number of nitrogens with one attached hydrogen (secondary N) is 1. The zero-order valence-corrected chi connectivity index (χ0v) is 23.0. The Labute approximate surface area is 245 Å². The zero-order valence-electron chi connectivity index (χ0n) is 23.0. The van der Waals surface area contributed by atoms with Crippen LogP contribution in [0.4, 0.5) is 11.4 Å². The van der Waals surface area contributed by atoms with E-state index in [1.807, 2.05) is 0 Å². The Hall–Kier alpha value is -5.40. The van der Waals surface area contributed by atoms with Gasteiger partial charge in [-0.2, -0.15) is 0 Å². The molecule has 7 aromatic carbocycles. The van der Waals surface area contributed by atoms with Crippen LogP contribution in [0.5, 0.6) is 0 Å². The Kier molecular flexibility index (Phi) is 4.88. The van der Waals surface area contributed by atoms with Crippen molar-refractivity contribution in [1.29, 1.82) is 0 Å². The molecule has 42 heavy (non-hydrogen) atoms. The summed E-state index contributed by atoms with van der Waals surface area (Å²) in [5, 5.41) is 6.28. The number of hydrogen-bond acceptors (Lipinski definition) is 1. The average molecular weight is 534 g/mol. The Bertz CT molecular complexity index is 2170. The molecule has 2 aliphatic carbocycles. The van der Waals surface area contributed by atoms with Gasteiger partial charge in [-0.15, -0.1) is 0 Å². The van der Waals surface area contributed by atoms with Gasteiger partial charge in [0.1, 0.15) is 0 Å². The monoisotopic (exact) mass is 533 g/mol. The van der Waals surface area contributed by atoms with E-state index in [1.54, 1.807) is 0 Å². The van der Waals surface area contributed by atoms with Gasteiger partial charge in [-0.1, -0.05) is 121 Å². The molecular formula is C41H27N. The van der Waals surface area contributed by atoms with E-state index in [4.69, 9.17) is 0 Å². The molecule has 0 saturated heterocycles. The van der Waals surface area contributed by atoms with Crippen molar-refractivity contribution >= 4 is 22.1 Å². The van der Waals surface area contributed by atoms with Gasteiger partial charge in [-0.3, -0.25) is 0 Å². The molecule has 0 radical (unpaired) electrons. The normalized spacial score (nSPS) is 15.7. The molecule has 1 spiro atoms. The third-order valence-electron chi connectivity index (χ3n) is 9.21. The smallest absolute Gasteiger partial charge is 0.0725 e. The molecule has 0 saturated carbocycles. The predicted molar refractivity (Wildman–Crippen MR) is 175 cm³/mol. The highest BCUT2D eigenvalue weighted by atomic mass is 14.9. The fraction of sp³-hybridized carbons (Fsp3) is 0.0244. The maximum absolute atomic E-state index is 3.72. The molecule has 196 valence electrons. The van der Waals surface area contributed by atoms with Crippen molar-refractivity contribution in [1.82, 2.24) is 0 Å². The van der Waals surface area contributed by atoms with Crippen LogP contribution < -0.4 is 5.32 Å². The van der Waals surface area contributed by atoms with Gasteiger partial charge in [0.2, 0.25) is 0 Å². The van der Waals surface area contributed by atoms with Crippen molar-refractivity contribution in [2.45, 2.75) is 5.41 Å². The lowest BCUT2D eigenvalue weighted by Crippen LogP contribution is -2.25. The molecule has 1 atom stereocenters. The standard InChI is InChI=1S/C41H27N/c1-2-11-27(12-3-1)28-15-10-16-31(23-28)42-32-21-22-39-36(26-32)34-18-7-9-20-38(34)41(39)37-19-8-6-17-33(37)35-24-29-13-4-5-14-30(29)25-40(35)41/h1-26,42H. The summed E-state index contributed by atoms with van der Waals surface area (Å²) in [7, 11) is 0. The van der Waals surface area contributed by atoms with E-state index in [0.717, 1.165) is 11.4 Å². The number of anilines is 2. The summed E-state index contributed by atoms with van der Waals surface area (Å²) >= 11 is 0. The number of hydrogen-bond donors (Lipinski definition) is 1. The summed E-state index contributed by atoms with van der Waals surface area (Å²) in [6.07, 6.45) is 0. The zero-order chi connectivity index (χ0) is 27.7. The van der Waals surface area contributed by atoms with E-state index < -0.39 is 0 Å². The molecule has 9 rings (SSSR count). The molecule has 1 heteroatoms. The van der Waals surface area contributed by atoms with Gasteiger partial charge in [0.05, 0.1) is 5.41 Å². The Morgan fingerprint density at radius 1 is 0.333 bits per heavy atom. The lowest BCUT2D eigenvalue weighted by atomic mass is 9.70. The number of benzene rings is 7. The molecule has 0 fully saturated rings. The van der Waals surface area contributed by atoms with Crippen LogP contribution in [0.15, 0.2) is 158 Å². The molecule has 1 nitrogen and oxygen atoms in total. The Morgan fingerprint density at radius 3 is 1.67 bits per heavy atom. The molecule has 0 heterocycles. The van der Waals surface area contributed by atoms with Gasteiger partial charge >= 0.3 is 0 Å². The van der Waals surface area contributed by atoms with Crippen molar-refractivity contribution in [3.05, 3.63) is 180 Å². The van der Waals surface area contributed by atoms with Crippen LogP contribution in [0.1, 0.15) is 22.3 Å². The second kappa shape index (κ2) is 8.80. The van der Waals surface area contributed by atoms with Crippen LogP contribution >= 0.6 is 0 Å². The highest BCUT2D eigenvalue weighted by molar-refractivity contribution is 6.00. The van der Waals surface area contributed by atoms with E-state index in [0.29, 0.717) is 0 Å². The quantitative estimate of drug-likeness (QED) is 0.238. The first-order valence-electron chi connectivity index (χ1n) is 14.6. The van der Waals surface area contributed by atoms with Crippen molar-refractivity contribution < 1.29 is 0 Å². The van der Waals surface area contributed by atoms with Gasteiger partial charge in [-0.25, -0.2) is 0 Å². The summed E-state index contributed by atoms with van der Waals surface area (Å²) in [6, 6.07) is 57.8. The van der Waals surface area contributed by atoms with Gasteiger partial charge in [-0.05, 0) is 103 Å². The minimum Gasteiger partial charge on any atom is -0.355 e. The highest BCUT2D eigenvalue weighted by Gasteiger charge is 2.51. The topological polar surface area (TPSA) is 12.0 Å². The Balaban J connectivity index is 1.24. The minimum atomic E-state index is -0.340. The maximum Gasteiger partial charge on any atom is 0.0725 e. The number of fused-ring (bicyclic) bond motifs is 11. The first kappa shape index (κ1) is 23.3. The predicted octanol–water partition coefficient (Wildman–Crippen LogP) is 10.6. The summed E-state index contributed by atoms with van der Waals surface area (Å²) in [6.45, 7) is 0. The second-order valence-corrected chi connectivity index (χ2v) is 11.4. The fourth-order valence-electron chi connectivity index (χ4n) is 7.48. The summed E-state index contributed by atoms with van der Waals surface area (Å²) < 4.78 is 0. The van der Waals surface area contributed by atoms with Gasteiger partial charge in [0, 0.05) is 11.4 Å². The molecular weight excluding hydrogens is 506 g/mol. The minimum absolute atomic E-state index is 0.340. The van der Waals surface area contributed by atoms with Crippen molar-refractivity contribution in [2.24, 2.45) is 0 Å². The lowest BCUT2D eigenvalue weighted by Gasteiger charge is -2.30. The van der Waals surface area contributed by atoms with Crippen molar-refractivity contribution in [3.63, 3.8) is 0 Å². The summed E-state index contributed by atoms with van der Waals surface area (Å²) in [5.41, 5.74) is 15.0. The van der Waals surface area contributed by atoms with E-state index in [9.17, 15) is 0 Å². The molecule has 2 aliphatic rings. The second-order valence-electron chi connectivity index (χ2n) is 11.4. The van der Waals surface area contributed by atoms with Crippen LogP contribution in [-0.2, 0) is 5.41 Å². The number of rotatable bonds is 3. The molecule has 1 unspecified atom stereocenters. The van der Waals surface area contributed by atoms with Crippen molar-refractivity contribution in [3.8, 4) is 33.4 Å². The molecule has 7 aromatic rings. The van der Waals surface area contributed by atoms with Gasteiger partial charge in [0.15, 0.2) is 0 Å². The van der Waals surface area contributed by atoms with E-state index in [2.05, 4.69) is 163 Å². The fourth-order valence-corrected chi connectivity index (χ4v) is 7.48. The average Bonchev–Trinajstić information content (AvgIpc) is 3.51. The van der Waals surface area contributed by atoms with Crippen LogP contribution in [0, 0.1) is 0 Å². The maximum atomic E-state index is 3.72. The third-order valence-corrected chi connectivity index (χ3v) is 9.21. The lowest BCUT2D eigenvalue weighted by molar-refractivity contribution is 0.795. The Morgan fingerprint density at radius 2 is 0.905 bits per heavy atom. The van der Waals surface area contributed by atoms with Crippen LogP contribution in [0.2, 0.25) is 0 Å². The van der Waals surface area contributed by atoms with E-state index in [-0.39, 0.29) is 5.41 Å². The van der Waals surface area contributed by atoms with Crippen LogP contribution in [0.25, 0.3) is 44.2 Å². The van der Waals surface area contributed by atoms with E-state index >= 15 is 0 Å². The SMILES string of the molecule is c1ccc(-c2cccc(Nc3ccc4c(c3)-c3ccccc3C43c4ccccc4-c4cc5ccccc5cc43)c2)cc1. The molecule has 0 amide bonds. The van der Waals surface area contributed by atoms with Gasteiger partial charge < -0.3 is 5.32 Å². The molecule has 0 bridgehead atoms. The van der Waals surface area contributed by atoms with E-state index in [1.165, 1.54) is 66.4 Å². The van der Waals surface area contributed by atoms with Crippen LogP contribution in [-0.4, -0.2) is 0 Å². The highest BCUT2D eigenvalue weighted by Crippen LogP contribution is 2.63. The van der Waals surface area contributed by atoms with Crippen LogP contribution in [0.3, 0.4) is 0 Å². The summed E-state index contributed by atoms with van der Waals surface area (Å²) in [5.74, 6) is 0. The van der Waals surface area contributed by atoms with Crippen molar-refractivity contribution in [2.75, 3.05) is 5.32 Å². The molecule has 0 aromatic heterocycles. The summed E-state index contributed by atoms with van der Waals surface area (Å²) in [4.78, 5) is 0. The van der Waals surface area contributed by atoms with Gasteiger partial charge in [0.25, 0.3) is 0 Å².